The molecular formula is C18H21NO4. The minimum atomic E-state index is -0.978. The van der Waals surface area contributed by atoms with E-state index in [1.165, 1.54) is 0 Å². The fourth-order valence-corrected chi connectivity index (χ4v) is 2.29. The SMILES string of the molecule is COc1ccc([C@@H](O)C[C@@H](NCc2ccccc2)C(=O)O)cc1. The van der Waals surface area contributed by atoms with Crippen LogP contribution in [0.3, 0.4) is 0 Å². The van der Waals surface area contributed by atoms with Crippen LogP contribution in [0.15, 0.2) is 54.6 Å². The summed E-state index contributed by atoms with van der Waals surface area (Å²) in [5, 5.41) is 22.6. The molecule has 0 spiro atoms. The Bertz CT molecular complexity index is 613. The van der Waals surface area contributed by atoms with Crippen LogP contribution < -0.4 is 10.1 Å². The van der Waals surface area contributed by atoms with Crippen LogP contribution in [0.5, 0.6) is 5.75 Å². The second kappa shape index (κ2) is 8.31. The van der Waals surface area contributed by atoms with E-state index < -0.39 is 18.1 Å². The fourth-order valence-electron chi connectivity index (χ4n) is 2.29. The summed E-state index contributed by atoms with van der Waals surface area (Å²) in [6.45, 7) is 0.438. The molecule has 0 aliphatic heterocycles. The molecule has 0 radical (unpaired) electrons. The van der Waals surface area contributed by atoms with Gasteiger partial charge in [-0.1, -0.05) is 42.5 Å². The van der Waals surface area contributed by atoms with Crippen LogP contribution in [0.1, 0.15) is 23.7 Å². The maximum atomic E-state index is 11.4. The van der Waals surface area contributed by atoms with Crippen molar-refractivity contribution in [3.63, 3.8) is 0 Å². The molecule has 5 nitrogen and oxygen atoms in total. The molecule has 2 aromatic carbocycles. The normalized spacial score (nSPS) is 13.3. The number of carboxylic acids is 1. The number of aliphatic hydroxyl groups excluding tert-OH is 1. The molecule has 2 rings (SSSR count). The third kappa shape index (κ3) is 5.09. The number of hydrogen-bond donors (Lipinski definition) is 3. The van der Waals surface area contributed by atoms with Crippen molar-refractivity contribution in [1.82, 2.24) is 5.32 Å². The summed E-state index contributed by atoms with van der Waals surface area (Å²) in [5.41, 5.74) is 1.66. The monoisotopic (exact) mass is 315 g/mol. The summed E-state index contributed by atoms with van der Waals surface area (Å²) in [5.74, 6) is -0.286. The van der Waals surface area contributed by atoms with Crippen molar-refractivity contribution < 1.29 is 19.7 Å². The van der Waals surface area contributed by atoms with E-state index in [0.717, 1.165) is 5.56 Å². The summed E-state index contributed by atoms with van der Waals surface area (Å²) in [6, 6.07) is 15.7. The van der Waals surface area contributed by atoms with Crippen molar-refractivity contribution in [3.8, 4) is 5.75 Å². The Kier molecular flexibility index (Phi) is 6.14. The van der Waals surface area contributed by atoms with Crippen LogP contribution in [0.4, 0.5) is 0 Å². The lowest BCUT2D eigenvalue weighted by atomic mass is 10.0. The predicted octanol–water partition coefficient (Wildman–Crippen LogP) is 2.36. The number of hydrogen-bond acceptors (Lipinski definition) is 4. The first kappa shape index (κ1) is 17.0. The molecule has 0 saturated heterocycles. The first-order valence-electron chi connectivity index (χ1n) is 7.42. The zero-order valence-electron chi connectivity index (χ0n) is 13.0. The summed E-state index contributed by atoms with van der Waals surface area (Å²) < 4.78 is 5.07. The smallest absolute Gasteiger partial charge is 0.320 e. The number of methoxy groups -OCH3 is 1. The average molecular weight is 315 g/mol. The molecule has 3 N–H and O–H groups in total. The molecule has 0 saturated carbocycles. The molecule has 0 bridgehead atoms. The number of carboxylic acid groups (broad SMARTS) is 1. The topological polar surface area (TPSA) is 78.8 Å². The maximum Gasteiger partial charge on any atom is 0.320 e. The first-order chi connectivity index (χ1) is 11.1. The van der Waals surface area contributed by atoms with Gasteiger partial charge in [-0.2, -0.15) is 0 Å². The highest BCUT2D eigenvalue weighted by Crippen LogP contribution is 2.21. The second-order valence-corrected chi connectivity index (χ2v) is 5.28. The van der Waals surface area contributed by atoms with Gasteiger partial charge in [-0.15, -0.1) is 0 Å². The van der Waals surface area contributed by atoms with Crippen LogP contribution in [-0.2, 0) is 11.3 Å². The Morgan fingerprint density at radius 3 is 2.35 bits per heavy atom. The lowest BCUT2D eigenvalue weighted by molar-refractivity contribution is -0.140. The van der Waals surface area contributed by atoms with E-state index in [0.29, 0.717) is 17.9 Å². The summed E-state index contributed by atoms with van der Waals surface area (Å²) in [7, 11) is 1.57. The van der Waals surface area contributed by atoms with E-state index in [1.54, 1.807) is 31.4 Å². The van der Waals surface area contributed by atoms with E-state index in [-0.39, 0.29) is 6.42 Å². The van der Waals surface area contributed by atoms with Crippen molar-refractivity contribution in [1.29, 1.82) is 0 Å². The van der Waals surface area contributed by atoms with Gasteiger partial charge < -0.3 is 20.3 Å². The lowest BCUT2D eigenvalue weighted by Crippen LogP contribution is -2.37. The third-order valence-electron chi connectivity index (χ3n) is 3.65. The Labute approximate surface area is 135 Å². The van der Waals surface area contributed by atoms with Gasteiger partial charge in [0.05, 0.1) is 13.2 Å². The van der Waals surface area contributed by atoms with Gasteiger partial charge in [-0.25, -0.2) is 0 Å². The minimum absolute atomic E-state index is 0.0918. The van der Waals surface area contributed by atoms with Gasteiger partial charge in [0.1, 0.15) is 11.8 Å². The largest absolute Gasteiger partial charge is 0.497 e. The number of aliphatic hydroxyl groups is 1. The lowest BCUT2D eigenvalue weighted by Gasteiger charge is -2.19. The van der Waals surface area contributed by atoms with Crippen LogP contribution in [-0.4, -0.2) is 29.3 Å². The maximum absolute atomic E-state index is 11.4. The van der Waals surface area contributed by atoms with E-state index in [1.807, 2.05) is 30.3 Å². The third-order valence-corrected chi connectivity index (χ3v) is 3.65. The highest BCUT2D eigenvalue weighted by atomic mass is 16.5. The molecule has 2 aromatic rings. The van der Waals surface area contributed by atoms with Gasteiger partial charge in [0.25, 0.3) is 0 Å². The highest BCUT2D eigenvalue weighted by molar-refractivity contribution is 5.73. The molecule has 0 fully saturated rings. The Balaban J connectivity index is 1.96. The molecule has 0 aromatic heterocycles. The quantitative estimate of drug-likeness (QED) is 0.697. The molecule has 0 unspecified atom stereocenters. The number of ether oxygens (including phenoxy) is 1. The molecule has 23 heavy (non-hydrogen) atoms. The van der Waals surface area contributed by atoms with Crippen molar-refractivity contribution in [2.24, 2.45) is 0 Å². The van der Waals surface area contributed by atoms with E-state index in [9.17, 15) is 15.0 Å². The van der Waals surface area contributed by atoms with Crippen molar-refractivity contribution in [2.45, 2.75) is 25.1 Å². The molecule has 122 valence electrons. The van der Waals surface area contributed by atoms with Gasteiger partial charge in [0.2, 0.25) is 0 Å². The number of rotatable bonds is 8. The number of aliphatic carboxylic acids is 1. The number of nitrogens with one attached hydrogen (secondary N) is 1. The average Bonchev–Trinajstić information content (AvgIpc) is 2.59. The molecular weight excluding hydrogens is 294 g/mol. The molecule has 0 aliphatic carbocycles. The van der Waals surface area contributed by atoms with E-state index in [4.69, 9.17) is 4.74 Å². The van der Waals surface area contributed by atoms with Crippen LogP contribution in [0.25, 0.3) is 0 Å². The number of carbonyl (C=O) groups is 1. The number of benzene rings is 2. The van der Waals surface area contributed by atoms with E-state index in [2.05, 4.69) is 5.32 Å². The summed E-state index contributed by atoms with van der Waals surface area (Å²) >= 11 is 0. The molecule has 0 heterocycles. The summed E-state index contributed by atoms with van der Waals surface area (Å²) in [6.07, 6.45) is -0.764. The zero-order valence-corrected chi connectivity index (χ0v) is 13.0. The Morgan fingerprint density at radius 2 is 1.78 bits per heavy atom. The molecule has 5 heteroatoms. The first-order valence-corrected chi connectivity index (χ1v) is 7.42. The fraction of sp³-hybridized carbons (Fsp3) is 0.278. The van der Waals surface area contributed by atoms with Gasteiger partial charge in [-0.3, -0.25) is 4.79 Å². The minimum Gasteiger partial charge on any atom is -0.497 e. The van der Waals surface area contributed by atoms with Crippen molar-refractivity contribution in [2.75, 3.05) is 7.11 Å². The standard InChI is InChI=1S/C18H21NO4/c1-23-15-9-7-14(8-10-15)17(20)11-16(18(21)22)19-12-13-5-3-2-4-6-13/h2-10,16-17,19-20H,11-12H2,1H3,(H,21,22)/t16-,17+/m1/s1. The Morgan fingerprint density at radius 1 is 1.13 bits per heavy atom. The van der Waals surface area contributed by atoms with Crippen LogP contribution >= 0.6 is 0 Å². The van der Waals surface area contributed by atoms with Crippen LogP contribution in [0, 0.1) is 0 Å². The molecule has 2 atom stereocenters. The van der Waals surface area contributed by atoms with Crippen molar-refractivity contribution >= 4 is 5.97 Å². The highest BCUT2D eigenvalue weighted by Gasteiger charge is 2.22. The molecule has 0 amide bonds. The Hall–Kier alpha value is -2.37. The zero-order chi connectivity index (χ0) is 16.7. The van der Waals surface area contributed by atoms with Crippen molar-refractivity contribution in [3.05, 3.63) is 65.7 Å². The van der Waals surface area contributed by atoms with Gasteiger partial charge in [-0.05, 0) is 23.3 Å². The van der Waals surface area contributed by atoms with E-state index >= 15 is 0 Å². The van der Waals surface area contributed by atoms with Gasteiger partial charge >= 0.3 is 5.97 Å². The van der Waals surface area contributed by atoms with Gasteiger partial charge in [0, 0.05) is 13.0 Å². The predicted molar refractivity (Wildman–Crippen MR) is 87.3 cm³/mol. The summed E-state index contributed by atoms with van der Waals surface area (Å²) in [4.78, 5) is 11.4. The molecule has 0 aliphatic rings. The second-order valence-electron chi connectivity index (χ2n) is 5.28. The van der Waals surface area contributed by atoms with Crippen LogP contribution in [0.2, 0.25) is 0 Å². The van der Waals surface area contributed by atoms with Gasteiger partial charge in [0.15, 0.2) is 0 Å².